The van der Waals surface area contributed by atoms with E-state index in [0.717, 1.165) is 0 Å². The summed E-state index contributed by atoms with van der Waals surface area (Å²) in [6.07, 6.45) is 5.04. The minimum atomic E-state index is -0.389. The molecule has 0 aliphatic rings. The fraction of sp³-hybridized carbons (Fsp3) is 0.667. The average Bonchev–Trinajstić information content (AvgIpc) is 1.68. The molecule has 0 aromatic rings. The zero-order valence-electron chi connectivity index (χ0n) is 4.99. The largest absolute Gasteiger partial charge is 0.366 e. The van der Waals surface area contributed by atoms with E-state index in [4.69, 9.17) is 11.2 Å². The molecule has 0 aliphatic heterocycles. The van der Waals surface area contributed by atoms with E-state index in [2.05, 4.69) is 5.92 Å². The molecular weight excluding hydrogens is 88.1 g/mol. The molecule has 0 saturated carbocycles. The summed E-state index contributed by atoms with van der Waals surface area (Å²) in [6, 6.07) is 0. The van der Waals surface area contributed by atoms with E-state index in [0.29, 0.717) is 0 Å². The molecule has 0 aromatic carbocycles. The molecule has 0 radical (unpaired) electrons. The van der Waals surface area contributed by atoms with Gasteiger partial charge in [-0.3, -0.25) is 0 Å². The molecule has 0 bridgehead atoms. The van der Waals surface area contributed by atoms with Crippen LogP contribution in [-0.4, -0.2) is 12.7 Å². The van der Waals surface area contributed by atoms with Crippen molar-refractivity contribution in [2.45, 2.75) is 19.4 Å². The lowest BCUT2D eigenvalue weighted by molar-refractivity contribution is 0.0743. The number of hydrogen-bond acceptors (Lipinski definition) is 1. The van der Waals surface area contributed by atoms with E-state index in [1.54, 1.807) is 7.11 Å². The molecule has 0 spiro atoms. The summed E-state index contributed by atoms with van der Waals surface area (Å²) < 4.78 is 4.85. The van der Waals surface area contributed by atoms with Crippen molar-refractivity contribution in [3.63, 3.8) is 0 Å². The van der Waals surface area contributed by atoms with E-state index in [1.807, 2.05) is 13.8 Å². The van der Waals surface area contributed by atoms with Gasteiger partial charge in [-0.05, 0) is 13.8 Å². The summed E-state index contributed by atoms with van der Waals surface area (Å²) in [5.74, 6) is 2.47. The van der Waals surface area contributed by atoms with Gasteiger partial charge in [-0.1, -0.05) is 5.92 Å². The zero-order valence-corrected chi connectivity index (χ0v) is 4.99. The van der Waals surface area contributed by atoms with Crippen molar-refractivity contribution in [3.8, 4) is 12.3 Å². The SMILES string of the molecule is C#CC(C)(C)OC. The summed E-state index contributed by atoms with van der Waals surface area (Å²) >= 11 is 0. The van der Waals surface area contributed by atoms with Gasteiger partial charge < -0.3 is 4.74 Å². The highest BCUT2D eigenvalue weighted by Crippen LogP contribution is 2.02. The van der Waals surface area contributed by atoms with Crippen LogP contribution in [0.1, 0.15) is 13.8 Å². The number of terminal acetylenes is 1. The summed E-state index contributed by atoms with van der Waals surface area (Å²) in [4.78, 5) is 0. The molecule has 0 unspecified atom stereocenters. The smallest absolute Gasteiger partial charge is 0.122 e. The van der Waals surface area contributed by atoms with Gasteiger partial charge in [0.05, 0.1) is 0 Å². The van der Waals surface area contributed by atoms with Crippen LogP contribution in [0.2, 0.25) is 0 Å². The van der Waals surface area contributed by atoms with Crippen LogP contribution in [0.15, 0.2) is 0 Å². The van der Waals surface area contributed by atoms with Gasteiger partial charge in [0, 0.05) is 7.11 Å². The van der Waals surface area contributed by atoms with Gasteiger partial charge in [0.2, 0.25) is 0 Å². The monoisotopic (exact) mass is 98.1 g/mol. The molecule has 0 atom stereocenters. The Hall–Kier alpha value is -0.480. The molecule has 0 fully saturated rings. The third-order valence-corrected chi connectivity index (χ3v) is 0.858. The molecule has 0 rings (SSSR count). The molecule has 7 heavy (non-hydrogen) atoms. The molecule has 1 nitrogen and oxygen atoms in total. The van der Waals surface area contributed by atoms with Crippen molar-refractivity contribution in [1.29, 1.82) is 0 Å². The van der Waals surface area contributed by atoms with Crippen molar-refractivity contribution in [3.05, 3.63) is 0 Å². The summed E-state index contributed by atoms with van der Waals surface area (Å²) in [6.45, 7) is 3.68. The van der Waals surface area contributed by atoms with Crippen LogP contribution in [0.4, 0.5) is 0 Å². The van der Waals surface area contributed by atoms with Crippen molar-refractivity contribution in [2.24, 2.45) is 0 Å². The maximum atomic E-state index is 5.04. The minimum Gasteiger partial charge on any atom is -0.366 e. The maximum absolute atomic E-state index is 5.04. The molecule has 40 valence electrons. The first kappa shape index (κ1) is 6.52. The van der Waals surface area contributed by atoms with E-state index < -0.39 is 0 Å². The van der Waals surface area contributed by atoms with Gasteiger partial charge in [0.25, 0.3) is 0 Å². The van der Waals surface area contributed by atoms with Crippen LogP contribution in [-0.2, 0) is 4.74 Å². The molecule has 0 aromatic heterocycles. The maximum Gasteiger partial charge on any atom is 0.122 e. The van der Waals surface area contributed by atoms with Gasteiger partial charge in [0.15, 0.2) is 0 Å². The van der Waals surface area contributed by atoms with E-state index in [9.17, 15) is 0 Å². The number of methoxy groups -OCH3 is 1. The lowest BCUT2D eigenvalue weighted by Crippen LogP contribution is -2.18. The molecule has 1 heteroatoms. The average molecular weight is 98.1 g/mol. The van der Waals surface area contributed by atoms with Crippen LogP contribution in [0, 0.1) is 12.3 Å². The zero-order chi connectivity index (χ0) is 5.91. The van der Waals surface area contributed by atoms with Crippen LogP contribution in [0.3, 0.4) is 0 Å². The first-order valence-electron chi connectivity index (χ1n) is 2.15. The normalized spacial score (nSPS) is 10.6. The third-order valence-electron chi connectivity index (χ3n) is 0.858. The Morgan fingerprint density at radius 1 is 1.57 bits per heavy atom. The van der Waals surface area contributed by atoms with Crippen molar-refractivity contribution in [2.75, 3.05) is 7.11 Å². The van der Waals surface area contributed by atoms with Crippen molar-refractivity contribution >= 4 is 0 Å². The van der Waals surface area contributed by atoms with E-state index in [-0.39, 0.29) is 5.60 Å². The quantitative estimate of drug-likeness (QED) is 0.445. The second-order valence-electron chi connectivity index (χ2n) is 1.86. The van der Waals surface area contributed by atoms with Gasteiger partial charge >= 0.3 is 0 Å². The predicted molar refractivity (Wildman–Crippen MR) is 29.9 cm³/mol. The minimum absolute atomic E-state index is 0.389. The Morgan fingerprint density at radius 3 is 2.00 bits per heavy atom. The highest BCUT2D eigenvalue weighted by Gasteiger charge is 2.08. The Bertz CT molecular complexity index is 86.8. The fourth-order valence-electron chi connectivity index (χ4n) is 0.0589. The van der Waals surface area contributed by atoms with Crippen molar-refractivity contribution < 1.29 is 4.74 Å². The number of ether oxygens (including phenoxy) is 1. The summed E-state index contributed by atoms with van der Waals surface area (Å²) in [7, 11) is 1.60. The van der Waals surface area contributed by atoms with Gasteiger partial charge in [-0.2, -0.15) is 0 Å². The first-order chi connectivity index (χ1) is 3.12. The molecular formula is C6H10O. The van der Waals surface area contributed by atoms with Crippen LogP contribution >= 0.6 is 0 Å². The van der Waals surface area contributed by atoms with Gasteiger partial charge in [0.1, 0.15) is 5.60 Å². The van der Waals surface area contributed by atoms with E-state index >= 15 is 0 Å². The van der Waals surface area contributed by atoms with Crippen LogP contribution in [0.5, 0.6) is 0 Å². The summed E-state index contributed by atoms with van der Waals surface area (Å²) in [5, 5.41) is 0. The Morgan fingerprint density at radius 2 is 2.00 bits per heavy atom. The Balaban J connectivity index is 3.66. The van der Waals surface area contributed by atoms with Gasteiger partial charge in [-0.15, -0.1) is 6.42 Å². The lowest BCUT2D eigenvalue weighted by Gasteiger charge is -2.13. The number of hydrogen-bond donors (Lipinski definition) is 0. The van der Waals surface area contributed by atoms with Crippen LogP contribution < -0.4 is 0 Å². The molecule has 0 heterocycles. The second kappa shape index (κ2) is 1.99. The topological polar surface area (TPSA) is 9.23 Å². The predicted octanol–water partition coefficient (Wildman–Crippen LogP) is 1.04. The molecule has 0 amide bonds. The Kier molecular flexibility index (Phi) is 1.86. The molecule has 0 N–H and O–H groups in total. The lowest BCUT2D eigenvalue weighted by atomic mass is 10.2. The fourth-order valence-corrected chi connectivity index (χ4v) is 0.0589. The molecule has 0 saturated heterocycles. The van der Waals surface area contributed by atoms with Crippen molar-refractivity contribution in [1.82, 2.24) is 0 Å². The second-order valence-corrected chi connectivity index (χ2v) is 1.86. The van der Waals surface area contributed by atoms with Gasteiger partial charge in [-0.25, -0.2) is 0 Å². The Labute approximate surface area is 44.7 Å². The van der Waals surface area contributed by atoms with Crippen LogP contribution in [0.25, 0.3) is 0 Å². The first-order valence-corrected chi connectivity index (χ1v) is 2.15. The highest BCUT2D eigenvalue weighted by molar-refractivity contribution is 5.02. The molecule has 0 aliphatic carbocycles. The third kappa shape index (κ3) is 2.24. The highest BCUT2D eigenvalue weighted by atomic mass is 16.5. The summed E-state index contributed by atoms with van der Waals surface area (Å²) in [5.41, 5.74) is -0.389. The van der Waals surface area contributed by atoms with E-state index in [1.165, 1.54) is 0 Å². The number of rotatable bonds is 1. The standard InChI is InChI=1S/C6H10O/c1-5-6(2,3)7-4/h1H,2-4H3.